The van der Waals surface area contributed by atoms with Crippen molar-refractivity contribution in [3.05, 3.63) is 12.7 Å². The van der Waals surface area contributed by atoms with E-state index in [0.29, 0.717) is 0 Å². The van der Waals surface area contributed by atoms with Gasteiger partial charge in [-0.3, -0.25) is 0 Å². The number of hydrogen-bond donors (Lipinski definition) is 1. The average molecular weight is 235 g/mol. The minimum atomic E-state index is 0.874. The fourth-order valence-corrected chi connectivity index (χ4v) is 3.35. The van der Waals surface area contributed by atoms with Gasteiger partial charge in [0.1, 0.15) is 0 Å². The van der Waals surface area contributed by atoms with Crippen molar-refractivity contribution in [3.8, 4) is 0 Å². The van der Waals surface area contributed by atoms with Crippen LogP contribution >= 0.6 is 0 Å². The van der Waals surface area contributed by atoms with Crippen molar-refractivity contribution in [2.75, 3.05) is 6.54 Å². The Morgan fingerprint density at radius 2 is 2.00 bits per heavy atom. The van der Waals surface area contributed by atoms with Gasteiger partial charge in [0, 0.05) is 6.04 Å². The molecule has 0 aromatic carbocycles. The second kappa shape index (κ2) is 6.58. The second-order valence-electron chi connectivity index (χ2n) is 6.16. The second-order valence-corrected chi connectivity index (χ2v) is 6.16. The molecule has 1 nitrogen and oxygen atoms in total. The first-order valence-corrected chi connectivity index (χ1v) is 7.67. The molecule has 0 aromatic heterocycles. The summed E-state index contributed by atoms with van der Waals surface area (Å²) >= 11 is 0. The molecule has 0 spiro atoms. The molecule has 0 amide bonds. The molecule has 2 rings (SSSR count). The summed E-state index contributed by atoms with van der Waals surface area (Å²) in [6.45, 7) is 7.52. The number of allylic oxidation sites excluding steroid dienone is 1. The van der Waals surface area contributed by atoms with Crippen LogP contribution in [0.2, 0.25) is 0 Å². The van der Waals surface area contributed by atoms with E-state index in [1.165, 1.54) is 57.9 Å². The normalized spacial score (nSPS) is 33.6. The molecule has 2 aliphatic carbocycles. The zero-order valence-corrected chi connectivity index (χ0v) is 11.5. The molecule has 1 heteroatoms. The number of hydrogen-bond acceptors (Lipinski definition) is 1. The summed E-state index contributed by atoms with van der Waals surface area (Å²) in [5.74, 6) is 2.90. The van der Waals surface area contributed by atoms with Crippen LogP contribution in [-0.4, -0.2) is 12.6 Å². The van der Waals surface area contributed by atoms with Crippen LogP contribution in [0.15, 0.2) is 12.7 Å². The third-order valence-electron chi connectivity index (χ3n) is 4.81. The predicted molar refractivity (Wildman–Crippen MR) is 75.1 cm³/mol. The molecule has 0 radical (unpaired) electrons. The van der Waals surface area contributed by atoms with E-state index in [9.17, 15) is 0 Å². The Morgan fingerprint density at radius 1 is 1.18 bits per heavy atom. The van der Waals surface area contributed by atoms with Gasteiger partial charge in [-0.1, -0.05) is 25.8 Å². The van der Waals surface area contributed by atoms with Crippen LogP contribution in [-0.2, 0) is 0 Å². The lowest BCUT2D eigenvalue weighted by Gasteiger charge is -2.36. The molecule has 98 valence electrons. The van der Waals surface area contributed by atoms with Gasteiger partial charge in [-0.15, -0.1) is 6.58 Å². The Balaban J connectivity index is 1.79. The third-order valence-corrected chi connectivity index (χ3v) is 4.81. The Morgan fingerprint density at radius 3 is 2.65 bits per heavy atom. The molecule has 3 unspecified atom stereocenters. The highest BCUT2D eigenvalue weighted by molar-refractivity contribution is 4.87. The maximum Gasteiger partial charge on any atom is 0.00683 e. The van der Waals surface area contributed by atoms with E-state index >= 15 is 0 Å². The van der Waals surface area contributed by atoms with E-state index in [1.807, 2.05) is 0 Å². The lowest BCUT2D eigenvalue weighted by molar-refractivity contribution is 0.163. The fourth-order valence-electron chi connectivity index (χ4n) is 3.35. The van der Waals surface area contributed by atoms with Gasteiger partial charge >= 0.3 is 0 Å². The summed E-state index contributed by atoms with van der Waals surface area (Å²) in [4.78, 5) is 0. The Bertz CT molecular complexity index is 232. The van der Waals surface area contributed by atoms with Crippen molar-refractivity contribution in [3.63, 3.8) is 0 Å². The van der Waals surface area contributed by atoms with Crippen LogP contribution in [0.1, 0.15) is 58.3 Å². The minimum Gasteiger partial charge on any atom is -0.314 e. The zero-order valence-electron chi connectivity index (χ0n) is 11.5. The standard InChI is InChI=1S/C16H29N/c1-3-5-6-14-11-13(4-2)7-8-15(14)12-17-16-9-10-16/h3,13-17H,1,4-12H2,2H3. The van der Waals surface area contributed by atoms with Gasteiger partial charge in [0.05, 0.1) is 0 Å². The van der Waals surface area contributed by atoms with Gasteiger partial charge in [0.25, 0.3) is 0 Å². The fraction of sp³-hybridized carbons (Fsp3) is 0.875. The van der Waals surface area contributed by atoms with Crippen LogP contribution in [0, 0.1) is 17.8 Å². The van der Waals surface area contributed by atoms with Crippen molar-refractivity contribution >= 4 is 0 Å². The van der Waals surface area contributed by atoms with Crippen LogP contribution < -0.4 is 5.32 Å². The molecule has 3 atom stereocenters. The Labute approximate surface area is 107 Å². The summed E-state index contributed by atoms with van der Waals surface area (Å²) in [5, 5.41) is 3.74. The van der Waals surface area contributed by atoms with Crippen molar-refractivity contribution in [1.82, 2.24) is 5.32 Å². The molecule has 2 saturated carbocycles. The lowest BCUT2D eigenvalue weighted by atomic mass is 9.71. The molecule has 2 fully saturated rings. The summed E-state index contributed by atoms with van der Waals surface area (Å²) in [6.07, 6.45) is 13.3. The van der Waals surface area contributed by atoms with Crippen molar-refractivity contribution in [1.29, 1.82) is 0 Å². The first-order valence-electron chi connectivity index (χ1n) is 7.67. The summed E-state index contributed by atoms with van der Waals surface area (Å²) in [6, 6.07) is 0.874. The molecular weight excluding hydrogens is 206 g/mol. The van der Waals surface area contributed by atoms with Gasteiger partial charge in [-0.2, -0.15) is 0 Å². The van der Waals surface area contributed by atoms with Gasteiger partial charge in [0.15, 0.2) is 0 Å². The Kier molecular flexibility index (Phi) is 5.09. The van der Waals surface area contributed by atoms with E-state index in [4.69, 9.17) is 0 Å². The van der Waals surface area contributed by atoms with Crippen LogP contribution in [0.4, 0.5) is 0 Å². The summed E-state index contributed by atoms with van der Waals surface area (Å²) in [7, 11) is 0. The molecular formula is C16H29N. The molecule has 0 bridgehead atoms. The van der Waals surface area contributed by atoms with E-state index in [2.05, 4.69) is 24.9 Å². The van der Waals surface area contributed by atoms with Crippen LogP contribution in [0.25, 0.3) is 0 Å². The molecule has 0 heterocycles. The van der Waals surface area contributed by atoms with Crippen molar-refractivity contribution < 1.29 is 0 Å². The number of nitrogens with one attached hydrogen (secondary N) is 1. The van der Waals surface area contributed by atoms with Gasteiger partial charge in [-0.25, -0.2) is 0 Å². The van der Waals surface area contributed by atoms with Gasteiger partial charge in [0.2, 0.25) is 0 Å². The van der Waals surface area contributed by atoms with Crippen LogP contribution in [0.3, 0.4) is 0 Å². The molecule has 0 aliphatic heterocycles. The van der Waals surface area contributed by atoms with Crippen LogP contribution in [0.5, 0.6) is 0 Å². The van der Waals surface area contributed by atoms with Gasteiger partial charge in [-0.05, 0) is 62.8 Å². The maximum atomic E-state index is 3.88. The SMILES string of the molecule is C=CCCC1CC(CC)CCC1CNC1CC1. The predicted octanol–water partition coefficient (Wildman–Crippen LogP) is 4.15. The van der Waals surface area contributed by atoms with E-state index < -0.39 is 0 Å². The van der Waals surface area contributed by atoms with E-state index in [-0.39, 0.29) is 0 Å². The molecule has 17 heavy (non-hydrogen) atoms. The average Bonchev–Trinajstić information content (AvgIpc) is 3.18. The minimum absolute atomic E-state index is 0.874. The summed E-state index contributed by atoms with van der Waals surface area (Å²) < 4.78 is 0. The topological polar surface area (TPSA) is 12.0 Å². The monoisotopic (exact) mass is 235 g/mol. The smallest absolute Gasteiger partial charge is 0.00683 e. The van der Waals surface area contributed by atoms with E-state index in [0.717, 1.165) is 23.8 Å². The van der Waals surface area contributed by atoms with E-state index in [1.54, 1.807) is 0 Å². The van der Waals surface area contributed by atoms with Crippen molar-refractivity contribution in [2.24, 2.45) is 17.8 Å². The van der Waals surface area contributed by atoms with Crippen molar-refractivity contribution in [2.45, 2.75) is 64.3 Å². The highest BCUT2D eigenvalue weighted by Crippen LogP contribution is 2.38. The molecule has 0 aromatic rings. The third kappa shape index (κ3) is 4.13. The largest absolute Gasteiger partial charge is 0.314 e. The lowest BCUT2D eigenvalue weighted by Crippen LogP contribution is -2.34. The molecule has 1 N–H and O–H groups in total. The first-order chi connectivity index (χ1) is 8.33. The molecule has 0 saturated heterocycles. The highest BCUT2D eigenvalue weighted by atomic mass is 14.9. The summed E-state index contributed by atoms with van der Waals surface area (Å²) in [5.41, 5.74) is 0. The Hall–Kier alpha value is -0.300. The quantitative estimate of drug-likeness (QED) is 0.654. The maximum absolute atomic E-state index is 3.88. The van der Waals surface area contributed by atoms with Gasteiger partial charge < -0.3 is 5.32 Å². The number of rotatable bonds is 7. The zero-order chi connectivity index (χ0) is 12.1. The first kappa shape index (κ1) is 13.1. The molecule has 2 aliphatic rings. The highest BCUT2D eigenvalue weighted by Gasteiger charge is 2.30.